The number of hydrogen-bond acceptors (Lipinski definition) is 2. The number of aryl methyl sites for hydroxylation is 2. The van der Waals surface area contributed by atoms with Gasteiger partial charge in [0.25, 0.3) is 0 Å². The van der Waals surface area contributed by atoms with E-state index in [-0.39, 0.29) is 0 Å². The third kappa shape index (κ3) is 4.35. The molecule has 1 aliphatic heterocycles. The van der Waals surface area contributed by atoms with Gasteiger partial charge in [-0.2, -0.15) is 0 Å². The van der Waals surface area contributed by atoms with Gasteiger partial charge in [-0.05, 0) is 51.3 Å². The quantitative estimate of drug-likeness (QED) is 0.905. The summed E-state index contributed by atoms with van der Waals surface area (Å²) < 4.78 is 0. The van der Waals surface area contributed by atoms with Crippen LogP contribution in [-0.2, 0) is 11.3 Å². The van der Waals surface area contributed by atoms with Crippen molar-refractivity contribution in [3.05, 3.63) is 34.9 Å². The number of nitrogens with zero attached hydrogens (tertiary/aromatic N) is 1. The lowest BCUT2D eigenvalue weighted by atomic mass is 9.93. The highest BCUT2D eigenvalue weighted by molar-refractivity contribution is 5.67. The molecule has 0 amide bonds. The molecule has 1 heterocycles. The van der Waals surface area contributed by atoms with E-state index in [1.807, 2.05) is 0 Å². The lowest BCUT2D eigenvalue weighted by Gasteiger charge is -2.31. The largest absolute Gasteiger partial charge is 0.481 e. The van der Waals surface area contributed by atoms with E-state index < -0.39 is 5.97 Å². The highest BCUT2D eigenvalue weighted by Gasteiger charge is 2.21. The van der Waals surface area contributed by atoms with E-state index in [0.717, 1.165) is 32.5 Å². The van der Waals surface area contributed by atoms with Gasteiger partial charge in [-0.1, -0.05) is 29.3 Å². The number of carbonyl (C=O) groups is 1. The lowest BCUT2D eigenvalue weighted by molar-refractivity contribution is -0.138. The standard InChI is InChI=1S/C16H23NO2/c1-12-7-13(2)9-15(8-12)11-17-5-3-14(4-6-17)10-16(18)19/h7-9,14H,3-6,10-11H2,1-2H3,(H,18,19). The Balaban J connectivity index is 1.86. The number of piperidine rings is 1. The van der Waals surface area contributed by atoms with Crippen molar-refractivity contribution in [1.82, 2.24) is 4.90 Å². The molecule has 0 aliphatic carbocycles. The minimum atomic E-state index is -0.659. The predicted octanol–water partition coefficient (Wildman–Crippen LogP) is 2.99. The molecule has 1 aromatic rings. The maximum atomic E-state index is 10.7. The van der Waals surface area contributed by atoms with Crippen LogP contribution in [0.25, 0.3) is 0 Å². The van der Waals surface area contributed by atoms with Crippen LogP contribution in [0.4, 0.5) is 0 Å². The van der Waals surface area contributed by atoms with Gasteiger partial charge < -0.3 is 5.11 Å². The van der Waals surface area contributed by atoms with Gasteiger partial charge in [-0.3, -0.25) is 9.69 Å². The predicted molar refractivity (Wildman–Crippen MR) is 76.2 cm³/mol. The molecule has 1 aromatic carbocycles. The van der Waals surface area contributed by atoms with E-state index in [0.29, 0.717) is 12.3 Å². The summed E-state index contributed by atoms with van der Waals surface area (Å²) in [4.78, 5) is 13.1. The molecule has 19 heavy (non-hydrogen) atoms. The van der Waals surface area contributed by atoms with Crippen molar-refractivity contribution >= 4 is 5.97 Å². The third-order valence-corrected chi connectivity index (χ3v) is 3.86. The first kappa shape index (κ1) is 14.1. The minimum Gasteiger partial charge on any atom is -0.481 e. The topological polar surface area (TPSA) is 40.5 Å². The molecule has 3 heteroatoms. The van der Waals surface area contributed by atoms with Gasteiger partial charge >= 0.3 is 5.97 Å². The van der Waals surface area contributed by atoms with Crippen LogP contribution in [0.1, 0.15) is 36.0 Å². The number of carboxylic acid groups (broad SMARTS) is 1. The molecule has 1 fully saturated rings. The Morgan fingerprint density at radius 2 is 1.79 bits per heavy atom. The number of carboxylic acids is 1. The Labute approximate surface area is 115 Å². The molecule has 1 N–H and O–H groups in total. The van der Waals surface area contributed by atoms with Gasteiger partial charge in [0, 0.05) is 13.0 Å². The van der Waals surface area contributed by atoms with Crippen LogP contribution in [0.3, 0.4) is 0 Å². The molecular weight excluding hydrogens is 238 g/mol. The Hall–Kier alpha value is -1.35. The second-order valence-electron chi connectivity index (χ2n) is 5.81. The molecule has 0 aromatic heterocycles. The summed E-state index contributed by atoms with van der Waals surface area (Å²) in [6.45, 7) is 7.30. The zero-order valence-corrected chi connectivity index (χ0v) is 11.9. The molecule has 104 valence electrons. The van der Waals surface area contributed by atoms with Crippen LogP contribution in [0.2, 0.25) is 0 Å². The zero-order valence-electron chi connectivity index (χ0n) is 11.9. The number of benzene rings is 1. The molecule has 0 radical (unpaired) electrons. The molecule has 0 saturated carbocycles. The highest BCUT2D eigenvalue weighted by Crippen LogP contribution is 2.22. The molecule has 1 aliphatic rings. The number of likely N-dealkylation sites (tertiary alicyclic amines) is 1. The first-order chi connectivity index (χ1) is 9.02. The van der Waals surface area contributed by atoms with Crippen molar-refractivity contribution in [2.24, 2.45) is 5.92 Å². The molecule has 0 bridgehead atoms. The van der Waals surface area contributed by atoms with Crippen molar-refractivity contribution in [3.63, 3.8) is 0 Å². The van der Waals surface area contributed by atoms with Crippen LogP contribution in [0.5, 0.6) is 0 Å². The summed E-state index contributed by atoms with van der Waals surface area (Å²) >= 11 is 0. The van der Waals surface area contributed by atoms with E-state index >= 15 is 0 Å². The summed E-state index contributed by atoms with van der Waals surface area (Å²) in [5.41, 5.74) is 4.00. The fraction of sp³-hybridized carbons (Fsp3) is 0.562. The maximum absolute atomic E-state index is 10.7. The summed E-state index contributed by atoms with van der Waals surface area (Å²) in [7, 11) is 0. The smallest absolute Gasteiger partial charge is 0.303 e. The molecule has 0 atom stereocenters. The maximum Gasteiger partial charge on any atom is 0.303 e. The van der Waals surface area contributed by atoms with Crippen LogP contribution >= 0.6 is 0 Å². The third-order valence-electron chi connectivity index (χ3n) is 3.86. The zero-order chi connectivity index (χ0) is 13.8. The van der Waals surface area contributed by atoms with Crippen molar-refractivity contribution < 1.29 is 9.90 Å². The average molecular weight is 261 g/mol. The fourth-order valence-electron chi connectivity index (χ4n) is 3.01. The fourth-order valence-corrected chi connectivity index (χ4v) is 3.01. The van der Waals surface area contributed by atoms with Crippen molar-refractivity contribution in [2.45, 2.75) is 39.7 Å². The Morgan fingerprint density at radius 1 is 1.21 bits per heavy atom. The number of hydrogen-bond donors (Lipinski definition) is 1. The molecule has 1 saturated heterocycles. The molecule has 0 spiro atoms. The van der Waals surface area contributed by atoms with Crippen LogP contribution in [0, 0.1) is 19.8 Å². The van der Waals surface area contributed by atoms with E-state index in [1.165, 1.54) is 16.7 Å². The Morgan fingerprint density at radius 3 is 2.32 bits per heavy atom. The van der Waals surface area contributed by atoms with Gasteiger partial charge in [-0.15, -0.1) is 0 Å². The summed E-state index contributed by atoms with van der Waals surface area (Å²) in [6.07, 6.45) is 2.35. The van der Waals surface area contributed by atoms with Gasteiger partial charge in [0.2, 0.25) is 0 Å². The van der Waals surface area contributed by atoms with Gasteiger partial charge in [-0.25, -0.2) is 0 Å². The van der Waals surface area contributed by atoms with Crippen LogP contribution < -0.4 is 0 Å². The lowest BCUT2D eigenvalue weighted by Crippen LogP contribution is -2.33. The molecule has 0 unspecified atom stereocenters. The van der Waals surface area contributed by atoms with Crippen molar-refractivity contribution in [3.8, 4) is 0 Å². The van der Waals surface area contributed by atoms with Gasteiger partial charge in [0.1, 0.15) is 0 Å². The van der Waals surface area contributed by atoms with E-state index in [2.05, 4.69) is 36.9 Å². The summed E-state index contributed by atoms with van der Waals surface area (Å²) in [5, 5.41) is 8.81. The monoisotopic (exact) mass is 261 g/mol. The Bertz CT molecular complexity index is 428. The molecule has 2 rings (SSSR count). The number of rotatable bonds is 4. The average Bonchev–Trinajstić information content (AvgIpc) is 2.29. The van der Waals surface area contributed by atoms with Crippen LogP contribution in [-0.4, -0.2) is 29.1 Å². The summed E-state index contributed by atoms with van der Waals surface area (Å²) in [6, 6.07) is 6.69. The second kappa shape index (κ2) is 6.20. The highest BCUT2D eigenvalue weighted by atomic mass is 16.4. The van der Waals surface area contributed by atoms with E-state index in [1.54, 1.807) is 0 Å². The molecule has 3 nitrogen and oxygen atoms in total. The normalized spacial score (nSPS) is 17.6. The first-order valence-electron chi connectivity index (χ1n) is 7.04. The molecular formula is C16H23NO2. The van der Waals surface area contributed by atoms with Crippen molar-refractivity contribution in [1.29, 1.82) is 0 Å². The van der Waals surface area contributed by atoms with Gasteiger partial charge in [0.05, 0.1) is 0 Å². The SMILES string of the molecule is Cc1cc(C)cc(CN2CCC(CC(=O)O)CC2)c1. The van der Waals surface area contributed by atoms with E-state index in [9.17, 15) is 4.79 Å². The minimum absolute atomic E-state index is 0.331. The van der Waals surface area contributed by atoms with Crippen molar-refractivity contribution in [2.75, 3.05) is 13.1 Å². The van der Waals surface area contributed by atoms with E-state index in [4.69, 9.17) is 5.11 Å². The summed E-state index contributed by atoms with van der Waals surface area (Å²) in [5.74, 6) is -0.291. The second-order valence-corrected chi connectivity index (χ2v) is 5.81. The van der Waals surface area contributed by atoms with Gasteiger partial charge in [0.15, 0.2) is 0 Å². The Kier molecular flexibility index (Phi) is 4.59. The first-order valence-corrected chi connectivity index (χ1v) is 7.04. The van der Waals surface area contributed by atoms with Crippen LogP contribution in [0.15, 0.2) is 18.2 Å². The number of aliphatic carboxylic acids is 1.